The number of pyridine rings is 2. The van der Waals surface area contributed by atoms with Crippen LogP contribution < -0.4 is 10.5 Å². The first-order valence-electron chi connectivity index (χ1n) is 10.2. The zero-order valence-corrected chi connectivity index (χ0v) is 17.3. The predicted molar refractivity (Wildman–Crippen MR) is 113 cm³/mol. The molecule has 1 aliphatic rings. The van der Waals surface area contributed by atoms with Gasteiger partial charge in [0.15, 0.2) is 11.5 Å². The number of fused-ring (bicyclic) bond motifs is 2. The van der Waals surface area contributed by atoms with Gasteiger partial charge in [0.25, 0.3) is 0 Å². The van der Waals surface area contributed by atoms with Crippen LogP contribution in [0.1, 0.15) is 18.0 Å². The molecule has 32 heavy (non-hydrogen) atoms. The number of hydrogen-bond acceptors (Lipinski definition) is 6. The van der Waals surface area contributed by atoms with E-state index < -0.39 is 12.2 Å². The second kappa shape index (κ2) is 7.72. The van der Waals surface area contributed by atoms with E-state index in [-0.39, 0.29) is 18.2 Å². The Morgan fingerprint density at radius 2 is 1.97 bits per heavy atom. The summed E-state index contributed by atoms with van der Waals surface area (Å²) in [7, 11) is 1.56. The van der Waals surface area contributed by atoms with Crippen LogP contribution >= 0.6 is 0 Å². The minimum Gasteiger partial charge on any atom is -0.494 e. The van der Waals surface area contributed by atoms with Crippen molar-refractivity contribution in [2.45, 2.75) is 24.7 Å². The Balaban J connectivity index is 1.62. The van der Waals surface area contributed by atoms with Crippen LogP contribution in [0.25, 0.3) is 28.1 Å². The molecule has 1 aliphatic heterocycles. The molecule has 0 radical (unpaired) electrons. The minimum atomic E-state index is -4.44. The number of likely N-dealkylation sites (tertiary alicyclic amines) is 1. The van der Waals surface area contributed by atoms with Crippen molar-refractivity contribution in [2.75, 3.05) is 20.2 Å². The molecular formula is C22H21F3N6O. The lowest BCUT2D eigenvalue weighted by atomic mass is 10.1. The summed E-state index contributed by atoms with van der Waals surface area (Å²) in [5.74, 6) is 0.954. The lowest BCUT2D eigenvalue weighted by Crippen LogP contribution is -2.38. The molecule has 0 unspecified atom stereocenters. The van der Waals surface area contributed by atoms with Crippen molar-refractivity contribution < 1.29 is 17.9 Å². The van der Waals surface area contributed by atoms with Gasteiger partial charge >= 0.3 is 6.18 Å². The first-order chi connectivity index (χ1) is 15.3. The second-order valence-corrected chi connectivity index (χ2v) is 7.93. The third kappa shape index (κ3) is 3.55. The molecule has 166 valence electrons. The summed E-state index contributed by atoms with van der Waals surface area (Å²) in [6.45, 7) is 0.494. The average Bonchev–Trinajstić information content (AvgIpc) is 3.38. The molecule has 5 rings (SSSR count). The highest BCUT2D eigenvalue weighted by molar-refractivity contribution is 5.86. The molecule has 1 saturated heterocycles. The summed E-state index contributed by atoms with van der Waals surface area (Å²) in [6, 6.07) is 10.2. The third-order valence-electron chi connectivity index (χ3n) is 5.80. The Kier molecular flexibility index (Phi) is 4.98. The number of benzene rings is 1. The molecule has 4 heterocycles. The molecule has 1 aromatic carbocycles. The van der Waals surface area contributed by atoms with E-state index in [9.17, 15) is 13.2 Å². The number of alkyl halides is 3. The van der Waals surface area contributed by atoms with E-state index in [4.69, 9.17) is 10.5 Å². The molecule has 2 atom stereocenters. The number of para-hydroxylation sites is 1. The summed E-state index contributed by atoms with van der Waals surface area (Å²) in [5.41, 5.74) is 7.54. The fourth-order valence-electron chi connectivity index (χ4n) is 4.31. The van der Waals surface area contributed by atoms with Crippen molar-refractivity contribution in [1.29, 1.82) is 0 Å². The maximum absolute atomic E-state index is 14.0. The van der Waals surface area contributed by atoms with Crippen LogP contribution in [0.15, 0.2) is 48.7 Å². The Labute approximate surface area is 181 Å². The molecule has 7 nitrogen and oxygen atoms in total. The van der Waals surface area contributed by atoms with Crippen molar-refractivity contribution in [3.8, 4) is 17.3 Å². The van der Waals surface area contributed by atoms with Crippen molar-refractivity contribution in [3.63, 3.8) is 0 Å². The number of ether oxygens (including phenoxy) is 1. The van der Waals surface area contributed by atoms with E-state index in [1.165, 1.54) is 17.2 Å². The van der Waals surface area contributed by atoms with Crippen molar-refractivity contribution >= 4 is 16.6 Å². The smallest absolute Gasteiger partial charge is 0.408 e. The number of aromatic nitrogens is 4. The average molecular weight is 442 g/mol. The molecule has 3 aromatic heterocycles. The van der Waals surface area contributed by atoms with Crippen LogP contribution in [0.2, 0.25) is 0 Å². The Bertz CT molecular complexity index is 1290. The van der Waals surface area contributed by atoms with Gasteiger partial charge in [-0.05, 0) is 30.2 Å². The van der Waals surface area contributed by atoms with Gasteiger partial charge in [0.2, 0.25) is 0 Å². The zero-order valence-electron chi connectivity index (χ0n) is 17.3. The SMILES string of the molecule is COc1cccc2ccc(-c3nnc4ccc([C@H](N5CC[C@H](N)C5)C(F)(F)F)cn34)nc12. The molecule has 2 N–H and O–H groups in total. The van der Waals surface area contributed by atoms with E-state index >= 15 is 0 Å². The fraction of sp³-hybridized carbons (Fsp3) is 0.318. The topological polar surface area (TPSA) is 81.6 Å². The van der Waals surface area contributed by atoms with Gasteiger partial charge in [0, 0.05) is 30.7 Å². The highest BCUT2D eigenvalue weighted by Crippen LogP contribution is 2.39. The molecule has 10 heteroatoms. The Morgan fingerprint density at radius 3 is 2.69 bits per heavy atom. The van der Waals surface area contributed by atoms with Crippen molar-refractivity contribution in [1.82, 2.24) is 24.5 Å². The van der Waals surface area contributed by atoms with Crippen LogP contribution in [-0.4, -0.2) is 56.9 Å². The van der Waals surface area contributed by atoms with Gasteiger partial charge in [-0.2, -0.15) is 13.2 Å². The highest BCUT2D eigenvalue weighted by atomic mass is 19.4. The van der Waals surface area contributed by atoms with E-state index in [0.29, 0.717) is 41.4 Å². The largest absolute Gasteiger partial charge is 0.494 e. The van der Waals surface area contributed by atoms with Gasteiger partial charge < -0.3 is 10.5 Å². The highest BCUT2D eigenvalue weighted by Gasteiger charge is 2.46. The van der Waals surface area contributed by atoms with Gasteiger partial charge in [-0.15, -0.1) is 10.2 Å². The van der Waals surface area contributed by atoms with Gasteiger partial charge in [-0.25, -0.2) is 4.98 Å². The number of rotatable bonds is 4. The number of halogens is 3. The summed E-state index contributed by atoms with van der Waals surface area (Å²) in [4.78, 5) is 6.04. The van der Waals surface area contributed by atoms with Crippen LogP contribution in [0.5, 0.6) is 5.75 Å². The van der Waals surface area contributed by atoms with E-state index in [2.05, 4.69) is 15.2 Å². The quantitative estimate of drug-likeness (QED) is 0.520. The van der Waals surface area contributed by atoms with E-state index in [0.717, 1.165) is 5.39 Å². The number of hydrogen-bond donors (Lipinski definition) is 1. The maximum Gasteiger partial charge on any atom is 0.408 e. The molecule has 0 bridgehead atoms. The van der Waals surface area contributed by atoms with Gasteiger partial charge in [-0.3, -0.25) is 9.30 Å². The van der Waals surface area contributed by atoms with Crippen LogP contribution in [-0.2, 0) is 0 Å². The Hall–Kier alpha value is -3.24. The van der Waals surface area contributed by atoms with E-state index in [1.807, 2.05) is 18.2 Å². The van der Waals surface area contributed by atoms with Crippen LogP contribution in [0.3, 0.4) is 0 Å². The van der Waals surface area contributed by atoms with Gasteiger partial charge in [0.05, 0.1) is 7.11 Å². The van der Waals surface area contributed by atoms with Gasteiger partial charge in [0.1, 0.15) is 23.0 Å². The Morgan fingerprint density at radius 1 is 1.12 bits per heavy atom. The summed E-state index contributed by atoms with van der Waals surface area (Å²) in [6.07, 6.45) is -2.46. The third-order valence-corrected chi connectivity index (χ3v) is 5.80. The summed E-state index contributed by atoms with van der Waals surface area (Å²) in [5, 5.41) is 9.19. The first-order valence-corrected chi connectivity index (χ1v) is 10.2. The molecular weight excluding hydrogens is 421 g/mol. The lowest BCUT2D eigenvalue weighted by molar-refractivity contribution is -0.183. The van der Waals surface area contributed by atoms with Crippen molar-refractivity contribution in [3.05, 3.63) is 54.2 Å². The van der Waals surface area contributed by atoms with Crippen LogP contribution in [0.4, 0.5) is 13.2 Å². The fourth-order valence-corrected chi connectivity index (χ4v) is 4.31. The van der Waals surface area contributed by atoms with Crippen LogP contribution in [0, 0.1) is 0 Å². The second-order valence-electron chi connectivity index (χ2n) is 7.93. The van der Waals surface area contributed by atoms with Crippen molar-refractivity contribution in [2.24, 2.45) is 5.73 Å². The normalized spacial score (nSPS) is 18.5. The predicted octanol–water partition coefficient (Wildman–Crippen LogP) is 3.59. The molecule has 0 saturated carbocycles. The zero-order chi connectivity index (χ0) is 22.5. The number of nitrogens with zero attached hydrogens (tertiary/aromatic N) is 5. The standard InChI is InChI=1S/C22H21F3N6O/c1-32-17-4-2-3-13-5-7-16(27-19(13)17)21-29-28-18-8-6-14(11-31(18)21)20(22(23,24)25)30-10-9-15(26)12-30/h2-8,11,15,20H,9-10,12,26H2,1H3/t15-,20-/m0/s1. The molecule has 0 spiro atoms. The lowest BCUT2D eigenvalue weighted by Gasteiger charge is -2.30. The number of nitrogens with two attached hydrogens (primary N) is 1. The number of methoxy groups -OCH3 is 1. The minimum absolute atomic E-state index is 0.110. The molecule has 1 fully saturated rings. The molecule has 0 amide bonds. The van der Waals surface area contributed by atoms with Gasteiger partial charge in [-0.1, -0.05) is 24.3 Å². The monoisotopic (exact) mass is 442 g/mol. The summed E-state index contributed by atoms with van der Waals surface area (Å²) >= 11 is 0. The van der Waals surface area contributed by atoms with E-state index in [1.54, 1.807) is 29.7 Å². The molecule has 4 aromatic rings. The summed E-state index contributed by atoms with van der Waals surface area (Å²) < 4.78 is 49.1. The molecule has 0 aliphatic carbocycles. The maximum atomic E-state index is 14.0. The first kappa shape index (κ1) is 20.7.